The van der Waals surface area contributed by atoms with Gasteiger partial charge in [-0.1, -0.05) is 17.9 Å². The maximum absolute atomic E-state index is 13.7. The summed E-state index contributed by atoms with van der Waals surface area (Å²) in [6, 6.07) is 11.5. The van der Waals surface area contributed by atoms with Crippen molar-refractivity contribution in [1.29, 1.82) is 0 Å². The number of aromatic carboxylic acids is 1. The second-order valence-corrected chi connectivity index (χ2v) is 6.02. The zero-order valence-electron chi connectivity index (χ0n) is 15.9. The smallest absolute Gasteiger partial charge is 0.490 e. The van der Waals surface area contributed by atoms with E-state index in [0.717, 1.165) is 6.07 Å². The highest BCUT2D eigenvalue weighted by Crippen LogP contribution is 2.31. The number of carboxylic acids is 2. The van der Waals surface area contributed by atoms with Gasteiger partial charge in [0.15, 0.2) is 0 Å². The minimum absolute atomic E-state index is 0.0217. The van der Waals surface area contributed by atoms with Gasteiger partial charge in [-0.3, -0.25) is 4.98 Å². The fourth-order valence-corrected chi connectivity index (χ4v) is 2.44. The van der Waals surface area contributed by atoms with Crippen LogP contribution in [0.4, 0.5) is 17.6 Å². The molecule has 3 rings (SSSR count). The Hall–Kier alpha value is -4.39. The van der Waals surface area contributed by atoms with E-state index >= 15 is 0 Å². The third kappa shape index (κ3) is 6.56. The van der Waals surface area contributed by atoms with E-state index in [4.69, 9.17) is 9.90 Å². The number of phenolic OH excluding ortho intramolecular Hbond substituents is 1. The molecule has 0 fully saturated rings. The predicted molar refractivity (Wildman–Crippen MR) is 104 cm³/mol. The average Bonchev–Trinajstić information content (AvgIpc) is 2.71. The highest BCUT2D eigenvalue weighted by Gasteiger charge is 2.38. The number of carbonyl (C=O) groups is 2. The molecule has 0 unspecified atom stereocenters. The van der Waals surface area contributed by atoms with E-state index in [2.05, 4.69) is 16.8 Å². The summed E-state index contributed by atoms with van der Waals surface area (Å²) in [6.45, 7) is 0. The van der Waals surface area contributed by atoms with Crippen LogP contribution in [0.3, 0.4) is 0 Å². The van der Waals surface area contributed by atoms with Crippen molar-refractivity contribution in [2.75, 3.05) is 0 Å². The third-order valence-corrected chi connectivity index (χ3v) is 3.73. The van der Waals surface area contributed by atoms with E-state index in [9.17, 15) is 32.6 Å². The number of carboxylic acid groups (broad SMARTS) is 2. The molecule has 0 aliphatic carbocycles. The van der Waals surface area contributed by atoms with Gasteiger partial charge in [-0.25, -0.2) is 14.0 Å². The molecule has 0 aliphatic heterocycles. The Morgan fingerprint density at radius 2 is 1.56 bits per heavy atom. The number of hydrogen-bond acceptors (Lipinski definition) is 4. The summed E-state index contributed by atoms with van der Waals surface area (Å²) >= 11 is 0. The number of aromatic hydroxyl groups is 1. The number of phenols is 1. The van der Waals surface area contributed by atoms with Gasteiger partial charge in [0.1, 0.15) is 11.6 Å². The maximum Gasteiger partial charge on any atom is 0.490 e. The molecule has 32 heavy (non-hydrogen) atoms. The van der Waals surface area contributed by atoms with E-state index in [0.29, 0.717) is 11.1 Å². The number of rotatable bonds is 2. The molecule has 1 heterocycles. The molecule has 0 aliphatic rings. The monoisotopic (exact) mass is 447 g/mol. The van der Waals surface area contributed by atoms with Crippen molar-refractivity contribution in [3.8, 4) is 28.7 Å². The number of alkyl halides is 3. The Kier molecular flexibility index (Phi) is 7.52. The van der Waals surface area contributed by atoms with Crippen LogP contribution in [0.2, 0.25) is 0 Å². The predicted octanol–water partition coefficient (Wildman–Crippen LogP) is 4.32. The highest BCUT2D eigenvalue weighted by molar-refractivity contribution is 5.98. The lowest BCUT2D eigenvalue weighted by Gasteiger charge is -2.10. The Morgan fingerprint density at radius 3 is 2.09 bits per heavy atom. The first-order valence-electron chi connectivity index (χ1n) is 8.57. The molecule has 0 radical (unpaired) electrons. The van der Waals surface area contributed by atoms with Crippen LogP contribution in [0.15, 0.2) is 60.9 Å². The summed E-state index contributed by atoms with van der Waals surface area (Å²) < 4.78 is 45.4. The summed E-state index contributed by atoms with van der Waals surface area (Å²) in [5.41, 5.74) is 1.61. The number of halogens is 4. The lowest BCUT2D eigenvalue weighted by atomic mass is 9.94. The fraction of sp³-hybridized carbons (Fsp3) is 0.0455. The lowest BCUT2D eigenvalue weighted by Crippen LogP contribution is -2.21. The minimum atomic E-state index is -5.08. The molecule has 0 bridgehead atoms. The van der Waals surface area contributed by atoms with Gasteiger partial charge in [-0.15, -0.1) is 0 Å². The summed E-state index contributed by atoms with van der Waals surface area (Å²) in [6.07, 6.45) is -1.88. The lowest BCUT2D eigenvalue weighted by molar-refractivity contribution is -0.192. The molecule has 6 nitrogen and oxygen atoms in total. The topological polar surface area (TPSA) is 108 Å². The standard InChI is InChI=1S/C20H12FNO3.C2HF3O2/c21-16-10-15(11-17(23)12-16)19-14(2-1-3-18(19)20(24)25)5-4-13-6-8-22-9-7-13;3-2(4,5)1(6)7/h1-3,6-12,23H,(H,24,25);(H,6,7). The molecule has 0 atom stereocenters. The summed E-state index contributed by atoms with van der Waals surface area (Å²) in [5.74, 6) is 0.974. The maximum atomic E-state index is 13.7. The van der Waals surface area contributed by atoms with Gasteiger partial charge in [-0.05, 0) is 42.0 Å². The molecule has 3 aromatic rings. The number of aromatic nitrogens is 1. The van der Waals surface area contributed by atoms with Gasteiger partial charge in [-0.2, -0.15) is 13.2 Å². The van der Waals surface area contributed by atoms with E-state index in [1.807, 2.05) is 0 Å². The third-order valence-electron chi connectivity index (χ3n) is 3.73. The number of nitrogens with zero attached hydrogens (tertiary/aromatic N) is 1. The zero-order chi connectivity index (χ0) is 23.9. The molecule has 10 heteroatoms. The molecular weight excluding hydrogens is 434 g/mol. The molecule has 0 amide bonds. The Balaban J connectivity index is 0.000000451. The molecule has 1 aromatic heterocycles. The summed E-state index contributed by atoms with van der Waals surface area (Å²) in [7, 11) is 0. The normalized spacial score (nSPS) is 10.2. The van der Waals surface area contributed by atoms with Gasteiger partial charge in [0.05, 0.1) is 5.56 Å². The van der Waals surface area contributed by atoms with E-state index < -0.39 is 23.9 Å². The molecule has 3 N–H and O–H groups in total. The first-order chi connectivity index (χ1) is 15.0. The SMILES string of the molecule is O=C(O)C(F)(F)F.O=C(O)c1cccc(C#Cc2ccncc2)c1-c1cc(O)cc(F)c1. The molecule has 0 saturated heterocycles. The van der Waals surface area contributed by atoms with Gasteiger partial charge in [0.2, 0.25) is 0 Å². The van der Waals surface area contributed by atoms with Crippen LogP contribution < -0.4 is 0 Å². The van der Waals surface area contributed by atoms with Gasteiger partial charge < -0.3 is 15.3 Å². The van der Waals surface area contributed by atoms with Crippen molar-refractivity contribution < 1.29 is 42.5 Å². The quantitative estimate of drug-likeness (QED) is 0.399. The molecular formula is C22H13F4NO5. The number of benzene rings is 2. The molecule has 164 valence electrons. The van der Waals surface area contributed by atoms with E-state index in [1.54, 1.807) is 36.7 Å². The number of hydrogen-bond donors (Lipinski definition) is 3. The van der Waals surface area contributed by atoms with Crippen molar-refractivity contribution in [2.24, 2.45) is 0 Å². The number of aliphatic carboxylic acids is 1. The first-order valence-corrected chi connectivity index (χ1v) is 8.57. The Morgan fingerprint density at radius 1 is 0.938 bits per heavy atom. The van der Waals surface area contributed by atoms with Gasteiger partial charge >= 0.3 is 18.1 Å². The van der Waals surface area contributed by atoms with E-state index in [-0.39, 0.29) is 22.4 Å². The van der Waals surface area contributed by atoms with Crippen LogP contribution in [-0.2, 0) is 4.79 Å². The fourth-order valence-electron chi connectivity index (χ4n) is 2.44. The molecule has 0 spiro atoms. The number of pyridine rings is 1. The van der Waals surface area contributed by atoms with Crippen molar-refractivity contribution in [3.05, 3.63) is 83.4 Å². The van der Waals surface area contributed by atoms with Crippen LogP contribution in [0.1, 0.15) is 21.5 Å². The van der Waals surface area contributed by atoms with Crippen molar-refractivity contribution in [2.45, 2.75) is 6.18 Å². The first kappa shape index (κ1) is 23.9. The van der Waals surface area contributed by atoms with Gasteiger partial charge in [0, 0.05) is 35.2 Å². The zero-order valence-corrected chi connectivity index (χ0v) is 15.9. The van der Waals surface area contributed by atoms with Gasteiger partial charge in [0.25, 0.3) is 0 Å². The van der Waals surface area contributed by atoms with Crippen LogP contribution in [0, 0.1) is 17.7 Å². The average molecular weight is 447 g/mol. The molecule has 0 saturated carbocycles. The summed E-state index contributed by atoms with van der Waals surface area (Å²) in [5, 5.41) is 26.2. The van der Waals surface area contributed by atoms with Crippen molar-refractivity contribution in [3.63, 3.8) is 0 Å². The summed E-state index contributed by atoms with van der Waals surface area (Å²) in [4.78, 5) is 24.4. The highest BCUT2D eigenvalue weighted by atomic mass is 19.4. The Bertz CT molecular complexity index is 1180. The van der Waals surface area contributed by atoms with Crippen molar-refractivity contribution >= 4 is 11.9 Å². The van der Waals surface area contributed by atoms with Crippen molar-refractivity contribution in [1.82, 2.24) is 4.98 Å². The second kappa shape index (κ2) is 10.1. The molecule has 2 aromatic carbocycles. The second-order valence-electron chi connectivity index (χ2n) is 6.02. The van der Waals surface area contributed by atoms with Crippen LogP contribution in [0.5, 0.6) is 5.75 Å². The van der Waals surface area contributed by atoms with E-state index in [1.165, 1.54) is 18.2 Å². The van der Waals surface area contributed by atoms with Crippen LogP contribution in [-0.4, -0.2) is 38.4 Å². The minimum Gasteiger partial charge on any atom is -0.508 e. The van der Waals surface area contributed by atoms with Crippen LogP contribution in [0.25, 0.3) is 11.1 Å². The Labute approximate surface area is 178 Å². The largest absolute Gasteiger partial charge is 0.508 e. The van der Waals surface area contributed by atoms with Crippen LogP contribution >= 0.6 is 0 Å².